The molecule has 0 bridgehead atoms. The first-order valence-corrected chi connectivity index (χ1v) is 15.7. The molecule has 1 aromatic heterocycles. The Hall–Kier alpha value is -2.36. The zero-order valence-corrected chi connectivity index (χ0v) is 28.5. The second kappa shape index (κ2) is 23.1. The zero-order valence-electron chi connectivity index (χ0n) is 26.4. The third-order valence-corrected chi connectivity index (χ3v) is 7.23. The predicted octanol–water partition coefficient (Wildman–Crippen LogP) is 5.16. The summed E-state index contributed by atoms with van der Waals surface area (Å²) in [5.74, 6) is 0.922. The van der Waals surface area contributed by atoms with Crippen LogP contribution in [0.3, 0.4) is 0 Å². The highest BCUT2D eigenvalue weighted by Crippen LogP contribution is 2.29. The molecule has 8 heteroatoms. The Balaban J connectivity index is 0.00000882. The Morgan fingerprint density at radius 3 is 1.90 bits per heavy atom. The number of imide groups is 1. The molecule has 0 radical (unpaired) electrons. The number of aromatic nitrogens is 1. The molecule has 2 amide bonds. The van der Waals surface area contributed by atoms with E-state index in [1.165, 1.54) is 77.6 Å². The third kappa shape index (κ3) is 15.2. The number of nitrogens with zero attached hydrogens (tertiary/aromatic N) is 2. The molecule has 236 valence electrons. The molecule has 0 atom stereocenters. The summed E-state index contributed by atoms with van der Waals surface area (Å²) in [6.45, 7) is 7.51. The van der Waals surface area contributed by atoms with Crippen LogP contribution in [-0.4, -0.2) is 30.6 Å². The van der Waals surface area contributed by atoms with Gasteiger partial charge in [-0.1, -0.05) is 90.5 Å². The number of amides is 2. The highest BCUT2D eigenvalue weighted by molar-refractivity contribution is 5.90. The Labute approximate surface area is 271 Å². The number of benzene rings is 1. The quantitative estimate of drug-likeness (QED) is 0.103. The van der Waals surface area contributed by atoms with Gasteiger partial charge in [-0.25, -0.2) is 14.3 Å². The van der Waals surface area contributed by atoms with Crippen molar-refractivity contribution in [1.29, 1.82) is 0 Å². The van der Waals surface area contributed by atoms with E-state index in [1.807, 2.05) is 42.7 Å². The molecule has 0 aliphatic heterocycles. The van der Waals surface area contributed by atoms with Gasteiger partial charge in [0.2, 0.25) is 5.91 Å². The molecule has 0 saturated heterocycles. The highest BCUT2D eigenvalue weighted by atomic mass is 127. The summed E-state index contributed by atoms with van der Waals surface area (Å²) in [6.07, 6.45) is 20.0. The fourth-order valence-corrected chi connectivity index (χ4v) is 4.76. The van der Waals surface area contributed by atoms with Gasteiger partial charge >= 0.3 is 6.09 Å². The van der Waals surface area contributed by atoms with E-state index in [-0.39, 0.29) is 43.0 Å². The first-order chi connectivity index (χ1) is 20.0. The van der Waals surface area contributed by atoms with Crippen LogP contribution in [0.15, 0.2) is 42.7 Å². The van der Waals surface area contributed by atoms with Crippen molar-refractivity contribution in [2.45, 2.75) is 124 Å². The molecule has 2 aromatic rings. The summed E-state index contributed by atoms with van der Waals surface area (Å²) >= 11 is 0. The van der Waals surface area contributed by atoms with Crippen LogP contribution >= 0.6 is 0 Å². The fourth-order valence-electron chi connectivity index (χ4n) is 4.76. The second-order valence-electron chi connectivity index (χ2n) is 10.8. The van der Waals surface area contributed by atoms with Crippen molar-refractivity contribution in [2.24, 2.45) is 0 Å². The molecule has 1 aromatic carbocycles. The molecular formula is C34H53IN2O5. The van der Waals surface area contributed by atoms with Crippen molar-refractivity contribution in [1.82, 2.24) is 4.90 Å². The standard InChI is InChI=1S/C34H53N2O5.HI/c1-5-7-8-9-10-11-12-13-14-15-16-17-25-40-32-19-18-31(26-33(32)39-4)28-41-34(38)36(29(3)37)27-30-20-23-35(22-6-2)24-21-30;/h18-21,23-24,26H,5-17,22,25,27-28H2,1-4H3;1H/q+1;/p-1. The first-order valence-electron chi connectivity index (χ1n) is 15.7. The van der Waals surface area contributed by atoms with Crippen LogP contribution in [0.1, 0.15) is 115 Å². The molecule has 0 unspecified atom stereocenters. The lowest BCUT2D eigenvalue weighted by atomic mass is 10.1. The van der Waals surface area contributed by atoms with Gasteiger partial charge in [0.05, 0.1) is 20.3 Å². The van der Waals surface area contributed by atoms with Crippen LogP contribution < -0.4 is 38.0 Å². The van der Waals surface area contributed by atoms with Crippen LogP contribution in [-0.2, 0) is 29.2 Å². The molecule has 7 nitrogen and oxygen atoms in total. The molecule has 0 N–H and O–H groups in total. The van der Waals surface area contributed by atoms with Crippen LogP contribution in [0.2, 0.25) is 0 Å². The Morgan fingerprint density at radius 2 is 1.36 bits per heavy atom. The van der Waals surface area contributed by atoms with Gasteiger partial charge in [-0.15, -0.1) is 0 Å². The molecule has 42 heavy (non-hydrogen) atoms. The average Bonchev–Trinajstić information content (AvgIpc) is 2.98. The van der Waals surface area contributed by atoms with E-state index in [0.29, 0.717) is 18.1 Å². The van der Waals surface area contributed by atoms with Crippen LogP contribution in [0.25, 0.3) is 0 Å². The molecule has 2 rings (SSSR count). The van der Waals surface area contributed by atoms with E-state index in [0.717, 1.165) is 35.4 Å². The van der Waals surface area contributed by atoms with Crippen molar-refractivity contribution in [3.63, 3.8) is 0 Å². The second-order valence-corrected chi connectivity index (χ2v) is 10.8. The van der Waals surface area contributed by atoms with Crippen LogP contribution in [0.4, 0.5) is 4.79 Å². The minimum atomic E-state index is -0.672. The number of carbonyl (C=O) groups excluding carboxylic acids is 2. The van der Waals surface area contributed by atoms with E-state index >= 15 is 0 Å². The number of halogens is 1. The van der Waals surface area contributed by atoms with Crippen LogP contribution in [0, 0.1) is 0 Å². The molecule has 0 fully saturated rings. The predicted molar refractivity (Wildman–Crippen MR) is 163 cm³/mol. The lowest BCUT2D eigenvalue weighted by Gasteiger charge is -2.19. The number of aryl methyl sites for hydroxylation is 1. The molecule has 0 aliphatic carbocycles. The van der Waals surface area contributed by atoms with Gasteiger partial charge in [0, 0.05) is 25.5 Å². The first kappa shape index (κ1) is 37.7. The number of hydrogen-bond donors (Lipinski definition) is 0. The van der Waals surface area contributed by atoms with E-state index in [1.54, 1.807) is 7.11 Å². The van der Waals surface area contributed by atoms with Gasteiger partial charge < -0.3 is 38.2 Å². The lowest BCUT2D eigenvalue weighted by molar-refractivity contribution is -0.697. The number of carbonyl (C=O) groups is 2. The fraction of sp³-hybridized carbons (Fsp3) is 0.618. The van der Waals surface area contributed by atoms with Crippen molar-refractivity contribution >= 4 is 12.0 Å². The van der Waals surface area contributed by atoms with Gasteiger partial charge in [0.1, 0.15) is 13.2 Å². The Morgan fingerprint density at radius 1 is 0.762 bits per heavy atom. The van der Waals surface area contributed by atoms with Gasteiger partial charge in [0.25, 0.3) is 0 Å². The van der Waals surface area contributed by atoms with E-state index in [2.05, 4.69) is 18.4 Å². The summed E-state index contributed by atoms with van der Waals surface area (Å²) in [4.78, 5) is 26.0. The number of pyridine rings is 1. The van der Waals surface area contributed by atoms with Gasteiger partial charge in [-0.3, -0.25) is 4.79 Å². The smallest absolute Gasteiger partial charge is 0.417 e. The summed E-state index contributed by atoms with van der Waals surface area (Å²) in [5.41, 5.74) is 1.62. The van der Waals surface area contributed by atoms with Gasteiger partial charge in [0.15, 0.2) is 23.9 Å². The van der Waals surface area contributed by atoms with Crippen molar-refractivity contribution in [2.75, 3.05) is 13.7 Å². The van der Waals surface area contributed by atoms with Crippen LogP contribution in [0.5, 0.6) is 11.5 Å². The van der Waals surface area contributed by atoms with E-state index in [4.69, 9.17) is 14.2 Å². The summed E-state index contributed by atoms with van der Waals surface area (Å²) in [5, 5.41) is 0. The minimum absolute atomic E-state index is 0. The molecule has 0 aliphatic rings. The number of unbranched alkanes of at least 4 members (excludes halogenated alkanes) is 11. The summed E-state index contributed by atoms with van der Waals surface area (Å²) < 4.78 is 19.0. The van der Waals surface area contributed by atoms with E-state index < -0.39 is 6.09 Å². The summed E-state index contributed by atoms with van der Waals surface area (Å²) in [6, 6.07) is 9.35. The third-order valence-electron chi connectivity index (χ3n) is 7.23. The molecular weight excluding hydrogens is 643 g/mol. The number of rotatable bonds is 21. The number of methoxy groups -OCH3 is 1. The molecule has 0 saturated carbocycles. The molecule has 1 heterocycles. The van der Waals surface area contributed by atoms with Crippen molar-refractivity contribution in [3.8, 4) is 11.5 Å². The average molecular weight is 697 g/mol. The minimum Gasteiger partial charge on any atom is -1.00 e. The van der Waals surface area contributed by atoms with Crippen molar-refractivity contribution in [3.05, 3.63) is 53.9 Å². The Kier molecular flexibility index (Phi) is 20.8. The summed E-state index contributed by atoms with van der Waals surface area (Å²) in [7, 11) is 1.60. The highest BCUT2D eigenvalue weighted by Gasteiger charge is 2.21. The maximum Gasteiger partial charge on any atom is 0.417 e. The van der Waals surface area contributed by atoms with E-state index in [9.17, 15) is 9.59 Å². The molecule has 0 spiro atoms. The van der Waals surface area contributed by atoms with Gasteiger partial charge in [-0.2, -0.15) is 0 Å². The van der Waals surface area contributed by atoms with Gasteiger partial charge in [-0.05, 0) is 29.7 Å². The monoisotopic (exact) mass is 696 g/mol. The Bertz CT molecular complexity index is 1020. The zero-order chi connectivity index (χ0) is 29.7. The topological polar surface area (TPSA) is 69.0 Å². The SMILES string of the molecule is CCCCCCCCCCCCCCOc1ccc(COC(=O)N(Cc2cc[n+](CCC)cc2)C(C)=O)cc1OC.[I-]. The lowest BCUT2D eigenvalue weighted by Crippen LogP contribution is -3.00. The van der Waals surface area contributed by atoms with Crippen molar-refractivity contribution < 1.29 is 52.3 Å². The maximum absolute atomic E-state index is 12.7. The largest absolute Gasteiger partial charge is 1.00 e. The number of hydrogen-bond acceptors (Lipinski definition) is 5. The maximum atomic E-state index is 12.7. The number of ether oxygens (including phenoxy) is 3. The normalized spacial score (nSPS) is 10.6.